The van der Waals surface area contributed by atoms with Crippen LogP contribution in [0.15, 0.2) is 48.5 Å². The van der Waals surface area contributed by atoms with Crippen molar-refractivity contribution in [2.75, 3.05) is 25.6 Å². The average molecular weight is 423 g/mol. The molecule has 3 aliphatic rings. The van der Waals surface area contributed by atoms with E-state index in [4.69, 9.17) is 4.74 Å². The molecule has 1 spiro atoms. The van der Waals surface area contributed by atoms with E-state index in [1.54, 1.807) is 0 Å². The largest absolute Gasteiger partial charge is 0.383 e. The van der Waals surface area contributed by atoms with E-state index < -0.39 is 41.0 Å². The zero-order valence-corrected chi connectivity index (χ0v) is 16.9. The summed E-state index contributed by atoms with van der Waals surface area (Å²) >= 11 is 0. The van der Waals surface area contributed by atoms with E-state index in [2.05, 4.69) is 10.6 Å². The van der Waals surface area contributed by atoms with Crippen molar-refractivity contribution in [3.8, 4) is 0 Å². The van der Waals surface area contributed by atoms with Crippen LogP contribution in [0.3, 0.4) is 0 Å². The van der Waals surface area contributed by atoms with E-state index in [1.165, 1.54) is 30.2 Å². The summed E-state index contributed by atoms with van der Waals surface area (Å²) in [6.45, 7) is 0.324. The van der Waals surface area contributed by atoms with Gasteiger partial charge in [0.2, 0.25) is 17.7 Å². The number of benzene rings is 2. The quantitative estimate of drug-likeness (QED) is 0.711. The molecule has 2 saturated heterocycles. The van der Waals surface area contributed by atoms with Gasteiger partial charge in [-0.3, -0.25) is 24.6 Å². The lowest BCUT2D eigenvalue weighted by Crippen LogP contribution is -2.53. The van der Waals surface area contributed by atoms with Crippen molar-refractivity contribution in [3.63, 3.8) is 0 Å². The summed E-state index contributed by atoms with van der Waals surface area (Å²) in [5, 5.41) is 6.08. The van der Waals surface area contributed by atoms with Crippen LogP contribution in [0.25, 0.3) is 0 Å². The normalized spacial score (nSPS) is 28.9. The Morgan fingerprint density at radius 2 is 1.87 bits per heavy atom. The predicted molar refractivity (Wildman–Crippen MR) is 109 cm³/mol. The molecule has 160 valence electrons. The fraction of sp³-hybridized carbons (Fsp3) is 0.348. The summed E-state index contributed by atoms with van der Waals surface area (Å²) in [6, 6.07) is 13.1. The van der Waals surface area contributed by atoms with Gasteiger partial charge >= 0.3 is 0 Å². The Kier molecular flexibility index (Phi) is 4.64. The molecule has 8 heteroatoms. The Balaban J connectivity index is 1.62. The molecule has 3 aliphatic heterocycles. The third-order valence-electron chi connectivity index (χ3n) is 6.59. The number of imide groups is 1. The number of carbonyl (C=O) groups is 3. The van der Waals surface area contributed by atoms with Crippen molar-refractivity contribution in [3.05, 3.63) is 65.5 Å². The van der Waals surface area contributed by atoms with Crippen molar-refractivity contribution in [2.45, 2.75) is 18.0 Å². The number of carbonyl (C=O) groups excluding carboxylic acids is 3. The summed E-state index contributed by atoms with van der Waals surface area (Å²) in [4.78, 5) is 41.2. The highest BCUT2D eigenvalue weighted by Gasteiger charge is 2.70. The van der Waals surface area contributed by atoms with Crippen LogP contribution in [0.2, 0.25) is 0 Å². The van der Waals surface area contributed by atoms with E-state index in [0.717, 1.165) is 5.56 Å². The van der Waals surface area contributed by atoms with Crippen LogP contribution < -0.4 is 10.6 Å². The van der Waals surface area contributed by atoms with E-state index in [1.807, 2.05) is 30.3 Å². The first kappa shape index (κ1) is 19.8. The third-order valence-corrected chi connectivity index (χ3v) is 6.59. The van der Waals surface area contributed by atoms with Crippen molar-refractivity contribution in [1.82, 2.24) is 10.2 Å². The van der Waals surface area contributed by atoms with Gasteiger partial charge in [-0.05, 0) is 30.2 Å². The summed E-state index contributed by atoms with van der Waals surface area (Å²) in [7, 11) is 1.50. The molecule has 0 aromatic heterocycles. The molecule has 2 aromatic carbocycles. The summed E-state index contributed by atoms with van der Waals surface area (Å²) in [6.07, 6.45) is 0.457. The zero-order valence-electron chi connectivity index (χ0n) is 16.9. The van der Waals surface area contributed by atoms with E-state index in [0.29, 0.717) is 17.7 Å². The highest BCUT2D eigenvalue weighted by Crippen LogP contribution is 2.53. The minimum Gasteiger partial charge on any atom is -0.383 e. The van der Waals surface area contributed by atoms with Gasteiger partial charge in [-0.25, -0.2) is 4.39 Å². The molecule has 0 saturated carbocycles. The molecule has 0 bridgehead atoms. The van der Waals surface area contributed by atoms with Crippen molar-refractivity contribution >= 4 is 23.4 Å². The first-order valence-electron chi connectivity index (χ1n) is 10.2. The highest BCUT2D eigenvalue weighted by molar-refractivity contribution is 6.15. The number of nitrogens with zero attached hydrogens (tertiary/aromatic N) is 1. The smallest absolute Gasteiger partial charge is 0.250 e. The van der Waals surface area contributed by atoms with Crippen molar-refractivity contribution in [2.24, 2.45) is 11.8 Å². The maximum atomic E-state index is 14.2. The number of fused-ring (bicyclic) bond motifs is 4. The van der Waals surface area contributed by atoms with Crippen LogP contribution in [0.1, 0.15) is 11.1 Å². The van der Waals surface area contributed by atoms with E-state index in [-0.39, 0.29) is 19.1 Å². The average Bonchev–Trinajstić information content (AvgIpc) is 3.33. The molecule has 0 aliphatic carbocycles. The minimum atomic E-state index is -1.49. The number of amides is 3. The lowest BCUT2D eigenvalue weighted by Gasteiger charge is -2.29. The molecule has 2 N–H and O–H groups in total. The Morgan fingerprint density at radius 3 is 2.61 bits per heavy atom. The number of rotatable bonds is 5. The highest BCUT2D eigenvalue weighted by atomic mass is 19.1. The molecule has 7 nitrogen and oxygen atoms in total. The Bertz CT molecular complexity index is 1080. The monoisotopic (exact) mass is 423 g/mol. The van der Waals surface area contributed by atoms with Gasteiger partial charge < -0.3 is 10.1 Å². The van der Waals surface area contributed by atoms with Crippen LogP contribution in [-0.4, -0.2) is 48.9 Å². The van der Waals surface area contributed by atoms with Gasteiger partial charge in [-0.2, -0.15) is 0 Å². The Morgan fingerprint density at radius 1 is 1.10 bits per heavy atom. The van der Waals surface area contributed by atoms with Crippen LogP contribution in [0.4, 0.5) is 10.1 Å². The number of anilines is 1. The molecule has 3 heterocycles. The fourth-order valence-electron chi connectivity index (χ4n) is 5.28. The number of halogens is 1. The molecule has 0 radical (unpaired) electrons. The van der Waals surface area contributed by atoms with Crippen molar-refractivity contribution in [1.29, 1.82) is 0 Å². The number of methoxy groups -OCH3 is 1. The summed E-state index contributed by atoms with van der Waals surface area (Å²) < 4.78 is 19.2. The minimum absolute atomic E-state index is 0.118. The summed E-state index contributed by atoms with van der Waals surface area (Å²) in [5.41, 5.74) is 0.312. The SMILES string of the molecule is COCCN1C(=O)C2C(Cc3ccccc3)NC3(C(=O)Nc4ccc(F)cc43)C2C1=O. The molecule has 4 unspecified atom stereocenters. The number of likely N-dealkylation sites (tertiary alicyclic amines) is 1. The van der Waals surface area contributed by atoms with Crippen LogP contribution in [-0.2, 0) is 31.1 Å². The molecular formula is C23H22FN3O4. The molecule has 2 fully saturated rings. The van der Waals surface area contributed by atoms with Gasteiger partial charge in [0.05, 0.1) is 25.0 Å². The fourth-order valence-corrected chi connectivity index (χ4v) is 5.28. The predicted octanol–water partition coefficient (Wildman–Crippen LogP) is 1.44. The second kappa shape index (κ2) is 7.25. The lowest BCUT2D eigenvalue weighted by atomic mass is 9.76. The second-order valence-electron chi connectivity index (χ2n) is 8.22. The molecular weight excluding hydrogens is 401 g/mol. The Labute approximate surface area is 178 Å². The first-order chi connectivity index (χ1) is 15.0. The number of hydrogen-bond donors (Lipinski definition) is 2. The van der Waals surface area contributed by atoms with Crippen LogP contribution in [0.5, 0.6) is 0 Å². The number of hydrogen-bond acceptors (Lipinski definition) is 5. The molecule has 4 atom stereocenters. The van der Waals surface area contributed by atoms with Gasteiger partial charge in [-0.15, -0.1) is 0 Å². The van der Waals surface area contributed by atoms with Gasteiger partial charge in [0, 0.05) is 24.4 Å². The topological polar surface area (TPSA) is 87.7 Å². The van der Waals surface area contributed by atoms with Gasteiger partial charge in [0.25, 0.3) is 0 Å². The van der Waals surface area contributed by atoms with Crippen LogP contribution in [0, 0.1) is 17.7 Å². The maximum Gasteiger partial charge on any atom is 0.250 e. The van der Waals surface area contributed by atoms with E-state index >= 15 is 0 Å². The third kappa shape index (κ3) is 2.82. The molecule has 2 aromatic rings. The van der Waals surface area contributed by atoms with Gasteiger partial charge in [0.15, 0.2) is 0 Å². The summed E-state index contributed by atoms with van der Waals surface area (Å²) in [5.74, 6) is -3.38. The Hall–Kier alpha value is -3.10. The van der Waals surface area contributed by atoms with E-state index in [9.17, 15) is 18.8 Å². The molecule has 3 amide bonds. The second-order valence-corrected chi connectivity index (χ2v) is 8.22. The molecule has 31 heavy (non-hydrogen) atoms. The number of ether oxygens (including phenoxy) is 1. The van der Waals surface area contributed by atoms with Crippen LogP contribution >= 0.6 is 0 Å². The number of nitrogens with one attached hydrogen (secondary N) is 2. The first-order valence-corrected chi connectivity index (χ1v) is 10.2. The zero-order chi connectivity index (χ0) is 21.8. The molecule has 5 rings (SSSR count). The standard InChI is InChI=1S/C23H22FN3O4/c1-31-10-9-27-20(28)18-17(11-13-5-3-2-4-6-13)26-23(19(18)21(27)29)15-12-14(24)7-8-16(15)25-22(23)30/h2-8,12,17-19,26H,9-11H2,1H3,(H,25,30). The van der Waals surface area contributed by atoms with Gasteiger partial charge in [-0.1, -0.05) is 30.3 Å². The lowest BCUT2D eigenvalue weighted by molar-refractivity contribution is -0.143. The van der Waals surface area contributed by atoms with Gasteiger partial charge in [0.1, 0.15) is 11.4 Å². The maximum absolute atomic E-state index is 14.2. The van der Waals surface area contributed by atoms with Crippen molar-refractivity contribution < 1.29 is 23.5 Å².